The second kappa shape index (κ2) is 6.05. The quantitative estimate of drug-likeness (QED) is 0.771. The summed E-state index contributed by atoms with van der Waals surface area (Å²) in [6.07, 6.45) is 0. The molecule has 112 valence electrons. The van der Waals surface area contributed by atoms with E-state index in [-0.39, 0.29) is 10.6 Å². The molecule has 2 aromatic carbocycles. The lowest BCUT2D eigenvalue weighted by molar-refractivity contribution is 0.465. The van der Waals surface area contributed by atoms with Gasteiger partial charge in [0, 0.05) is 17.8 Å². The van der Waals surface area contributed by atoms with Crippen LogP contribution in [0.2, 0.25) is 0 Å². The van der Waals surface area contributed by atoms with Crippen LogP contribution in [0.25, 0.3) is 0 Å². The largest absolute Gasteiger partial charge is 0.506 e. The number of anilines is 1. The molecule has 0 heterocycles. The molecule has 0 spiro atoms. The van der Waals surface area contributed by atoms with Crippen LogP contribution in [0.15, 0.2) is 45.8 Å². The van der Waals surface area contributed by atoms with Crippen molar-refractivity contribution in [2.45, 2.75) is 18.4 Å². The predicted octanol–water partition coefficient (Wildman–Crippen LogP) is 2.72. The number of sulfonamides is 1. The van der Waals surface area contributed by atoms with Crippen molar-refractivity contribution in [2.75, 3.05) is 5.32 Å². The second-order valence-electron chi connectivity index (χ2n) is 4.57. The minimum Gasteiger partial charge on any atom is -0.506 e. The summed E-state index contributed by atoms with van der Waals surface area (Å²) in [5, 5.41) is 18.2. The Morgan fingerprint density at radius 3 is 2.57 bits per heavy atom. The highest BCUT2D eigenvalue weighted by atomic mass is 79.9. The third-order valence-corrected chi connectivity index (χ3v) is 4.83. The Hall–Kier alpha value is -1.57. The van der Waals surface area contributed by atoms with Gasteiger partial charge in [-0.3, -0.25) is 0 Å². The zero-order valence-corrected chi connectivity index (χ0v) is 13.7. The Kier molecular flexibility index (Phi) is 4.55. The fourth-order valence-corrected chi connectivity index (χ4v) is 3.22. The van der Waals surface area contributed by atoms with E-state index in [4.69, 9.17) is 5.14 Å². The van der Waals surface area contributed by atoms with Crippen LogP contribution in [-0.4, -0.2) is 13.5 Å². The molecular formula is C14H15BrN2O3S. The van der Waals surface area contributed by atoms with E-state index >= 15 is 0 Å². The van der Waals surface area contributed by atoms with Gasteiger partial charge in [0.05, 0.1) is 9.37 Å². The van der Waals surface area contributed by atoms with Crippen LogP contribution in [-0.2, 0) is 16.6 Å². The van der Waals surface area contributed by atoms with Crippen LogP contribution in [0.4, 0.5) is 5.69 Å². The lowest BCUT2D eigenvalue weighted by atomic mass is 10.1. The van der Waals surface area contributed by atoms with Gasteiger partial charge in [-0.15, -0.1) is 0 Å². The van der Waals surface area contributed by atoms with Gasteiger partial charge in [0.1, 0.15) is 5.75 Å². The summed E-state index contributed by atoms with van der Waals surface area (Å²) in [5.74, 6) is 0.158. The molecule has 2 rings (SSSR count). The van der Waals surface area contributed by atoms with Crippen molar-refractivity contribution in [3.8, 4) is 5.75 Å². The van der Waals surface area contributed by atoms with Gasteiger partial charge in [0.15, 0.2) is 0 Å². The topological polar surface area (TPSA) is 92.4 Å². The number of nitrogens with two attached hydrogens (primary N) is 1. The predicted molar refractivity (Wildman–Crippen MR) is 85.7 cm³/mol. The van der Waals surface area contributed by atoms with E-state index in [0.717, 1.165) is 0 Å². The van der Waals surface area contributed by atoms with Gasteiger partial charge in [0.2, 0.25) is 10.0 Å². The first-order chi connectivity index (χ1) is 9.80. The van der Waals surface area contributed by atoms with Crippen LogP contribution >= 0.6 is 15.9 Å². The van der Waals surface area contributed by atoms with Crippen molar-refractivity contribution in [2.24, 2.45) is 5.14 Å². The van der Waals surface area contributed by atoms with E-state index in [2.05, 4.69) is 21.2 Å². The molecule has 0 aliphatic heterocycles. The maximum atomic E-state index is 11.5. The Labute approximate surface area is 132 Å². The molecule has 0 aromatic heterocycles. The van der Waals surface area contributed by atoms with Gasteiger partial charge in [-0.1, -0.05) is 18.2 Å². The number of hydrogen-bond donors (Lipinski definition) is 3. The summed E-state index contributed by atoms with van der Waals surface area (Å²) in [7, 11) is -3.75. The first-order valence-corrected chi connectivity index (χ1v) is 8.47. The fraction of sp³-hybridized carbons (Fsp3) is 0.143. The number of hydrogen-bond acceptors (Lipinski definition) is 4. The normalized spacial score (nSPS) is 11.4. The standard InChI is InChI=1S/C14H15BrN2O3S/c1-9-12(6-3-7-13(9)21(16,19)20)17-8-10-4-2-5-11(15)14(10)18/h2-7,17-18H,8H2,1H3,(H2,16,19,20). The average Bonchev–Trinajstić information content (AvgIpc) is 2.40. The van der Waals surface area contributed by atoms with Gasteiger partial charge in [-0.05, 0) is 46.6 Å². The van der Waals surface area contributed by atoms with Crippen molar-refractivity contribution < 1.29 is 13.5 Å². The Balaban J connectivity index is 2.27. The third kappa shape index (κ3) is 3.55. The van der Waals surface area contributed by atoms with Crippen molar-refractivity contribution in [1.29, 1.82) is 0 Å². The number of primary sulfonamides is 1. The summed E-state index contributed by atoms with van der Waals surface area (Å²) < 4.78 is 23.6. The van der Waals surface area contributed by atoms with Crippen molar-refractivity contribution >= 4 is 31.6 Å². The zero-order chi connectivity index (χ0) is 15.6. The zero-order valence-electron chi connectivity index (χ0n) is 11.3. The molecule has 0 bridgehead atoms. The molecule has 0 atom stereocenters. The SMILES string of the molecule is Cc1c(NCc2cccc(Br)c2O)cccc1S(N)(=O)=O. The molecule has 5 nitrogen and oxygen atoms in total. The molecule has 0 saturated heterocycles. The average molecular weight is 371 g/mol. The van der Waals surface area contributed by atoms with Crippen molar-refractivity contribution in [3.63, 3.8) is 0 Å². The van der Waals surface area contributed by atoms with Crippen molar-refractivity contribution in [1.82, 2.24) is 0 Å². The molecule has 0 fully saturated rings. The van der Waals surface area contributed by atoms with E-state index < -0.39 is 10.0 Å². The van der Waals surface area contributed by atoms with E-state index in [1.54, 1.807) is 31.2 Å². The van der Waals surface area contributed by atoms with Crippen molar-refractivity contribution in [3.05, 3.63) is 52.0 Å². The van der Waals surface area contributed by atoms with E-state index in [0.29, 0.717) is 27.8 Å². The maximum absolute atomic E-state index is 11.5. The van der Waals surface area contributed by atoms with Gasteiger partial charge in [0.25, 0.3) is 0 Å². The van der Waals surface area contributed by atoms with E-state index in [1.165, 1.54) is 6.07 Å². The number of aromatic hydroxyl groups is 1. The lowest BCUT2D eigenvalue weighted by Crippen LogP contribution is -2.14. The van der Waals surface area contributed by atoms with Gasteiger partial charge in [-0.2, -0.15) is 0 Å². The number of rotatable bonds is 4. The molecule has 0 saturated carbocycles. The smallest absolute Gasteiger partial charge is 0.238 e. The molecule has 4 N–H and O–H groups in total. The van der Waals surface area contributed by atoms with E-state index in [9.17, 15) is 13.5 Å². The summed E-state index contributed by atoms with van der Waals surface area (Å²) in [4.78, 5) is 0.0889. The van der Waals surface area contributed by atoms with Gasteiger partial charge in [-0.25, -0.2) is 13.6 Å². The molecule has 0 unspecified atom stereocenters. The second-order valence-corrected chi connectivity index (χ2v) is 6.96. The van der Waals surface area contributed by atoms with Crippen LogP contribution in [0.3, 0.4) is 0 Å². The molecule has 2 aromatic rings. The number of phenolic OH excluding ortho intramolecular Hbond substituents is 1. The first-order valence-electron chi connectivity index (χ1n) is 6.13. The number of phenols is 1. The number of nitrogens with one attached hydrogen (secondary N) is 1. The molecule has 0 radical (unpaired) electrons. The summed E-state index contributed by atoms with van der Waals surface area (Å²) in [6, 6.07) is 10.2. The molecule has 21 heavy (non-hydrogen) atoms. The number of benzene rings is 2. The summed E-state index contributed by atoms with van der Waals surface area (Å²) in [5.41, 5.74) is 1.90. The van der Waals surface area contributed by atoms with Gasteiger partial charge < -0.3 is 10.4 Å². The Morgan fingerprint density at radius 2 is 1.90 bits per heavy atom. The monoisotopic (exact) mass is 370 g/mol. The molecule has 0 aliphatic carbocycles. The molecule has 0 amide bonds. The molecule has 7 heteroatoms. The Bertz CT molecular complexity index is 776. The summed E-state index contributed by atoms with van der Waals surface area (Å²) >= 11 is 3.25. The number of para-hydroxylation sites is 1. The highest BCUT2D eigenvalue weighted by Gasteiger charge is 2.14. The molecular weight excluding hydrogens is 356 g/mol. The maximum Gasteiger partial charge on any atom is 0.238 e. The first kappa shape index (κ1) is 15.8. The fourth-order valence-electron chi connectivity index (χ4n) is 2.01. The minimum absolute atomic E-state index is 0.0889. The number of halogens is 1. The Morgan fingerprint density at radius 1 is 1.24 bits per heavy atom. The van der Waals surface area contributed by atoms with Crippen LogP contribution in [0.1, 0.15) is 11.1 Å². The van der Waals surface area contributed by atoms with Crippen LogP contribution < -0.4 is 10.5 Å². The third-order valence-electron chi connectivity index (χ3n) is 3.13. The summed E-state index contributed by atoms with van der Waals surface area (Å²) in [6.45, 7) is 2.04. The minimum atomic E-state index is -3.75. The van der Waals surface area contributed by atoms with Gasteiger partial charge >= 0.3 is 0 Å². The van der Waals surface area contributed by atoms with Crippen LogP contribution in [0, 0.1) is 6.92 Å². The van der Waals surface area contributed by atoms with E-state index in [1.807, 2.05) is 6.07 Å². The van der Waals surface area contributed by atoms with Crippen LogP contribution in [0.5, 0.6) is 5.75 Å². The highest BCUT2D eigenvalue weighted by Crippen LogP contribution is 2.29. The highest BCUT2D eigenvalue weighted by molar-refractivity contribution is 9.10. The lowest BCUT2D eigenvalue weighted by Gasteiger charge is -2.13. The molecule has 0 aliphatic rings.